The first kappa shape index (κ1) is 38.9. The largest absolute Gasteiger partial charge is 0.368 e. The zero-order valence-corrected chi connectivity index (χ0v) is 31.1. The summed E-state index contributed by atoms with van der Waals surface area (Å²) in [5, 5.41) is 12.9. The molecule has 5 rings (SSSR count). The van der Waals surface area contributed by atoms with Gasteiger partial charge in [0.15, 0.2) is 0 Å². The number of benzene rings is 3. The van der Waals surface area contributed by atoms with Gasteiger partial charge in [-0.15, -0.1) is 23.1 Å². The van der Waals surface area contributed by atoms with Crippen molar-refractivity contribution in [3.63, 3.8) is 0 Å². The molecule has 0 radical (unpaired) electrons. The van der Waals surface area contributed by atoms with E-state index in [4.69, 9.17) is 5.73 Å². The summed E-state index contributed by atoms with van der Waals surface area (Å²) in [6.45, 7) is 1.45. The molecule has 2 heterocycles. The van der Waals surface area contributed by atoms with Crippen molar-refractivity contribution >= 4 is 81.1 Å². The van der Waals surface area contributed by atoms with Gasteiger partial charge in [0, 0.05) is 36.8 Å². The molecule has 0 unspecified atom stereocenters. The number of rotatable bonds is 15. The van der Waals surface area contributed by atoms with Crippen LogP contribution in [0.3, 0.4) is 0 Å². The number of fused-ring (bicyclic) bond motifs is 2. The van der Waals surface area contributed by atoms with Gasteiger partial charge in [0.05, 0.1) is 5.49 Å². The van der Waals surface area contributed by atoms with Crippen molar-refractivity contribution in [3.05, 3.63) is 83.2 Å². The number of carbonyl (C=O) groups is 5. The molecule has 276 valence electrons. The number of nitrogens with two attached hydrogens (primary N) is 1. The molecule has 4 aromatic rings. The Labute approximate surface area is 309 Å². The van der Waals surface area contributed by atoms with E-state index < -0.39 is 66.8 Å². The molecule has 1 aliphatic rings. The molecular weight excluding hydrogens is 726 g/mol. The molecule has 13 nitrogen and oxygen atoms in total. The minimum absolute atomic E-state index is 0.131. The first-order valence-corrected chi connectivity index (χ1v) is 20.6. The summed E-state index contributed by atoms with van der Waals surface area (Å²) >= 11 is 2.29. The molecule has 3 aromatic carbocycles. The van der Waals surface area contributed by atoms with Crippen LogP contribution < -0.4 is 21.7 Å². The molecule has 0 saturated carbocycles. The average Bonchev–Trinajstić information content (AvgIpc) is 3.52. The van der Waals surface area contributed by atoms with Crippen LogP contribution >= 0.6 is 30.7 Å². The first-order chi connectivity index (χ1) is 24.8. The standard InChI is InChI=1S/C36H42N5O8PS2/c1-22(42)38-29(18-26-19-52-32-12-5-4-10-27(26)32)34(44)40-30(20-51-21-50(47,48)49)36(46)41-15-7-6-11-31(41)35(45)39-28(33(37)43)17-23-13-14-24-8-2-3-9-25(24)16-23/h2-5,8-10,12-14,16,19,28-31H,6-7,11,15,17-18,20-21H2,1H3,(H2,37,43)(H,38,42)(H,39,45)(H,40,44)(H2,47,48,49)/t28-,29-,30-,31-/m0/s1. The third kappa shape index (κ3) is 10.4. The zero-order chi connectivity index (χ0) is 37.4. The van der Waals surface area contributed by atoms with Gasteiger partial charge in [-0.25, -0.2) is 0 Å². The molecule has 52 heavy (non-hydrogen) atoms. The minimum Gasteiger partial charge on any atom is -0.368 e. The quantitative estimate of drug-likeness (QED) is 0.0982. The lowest BCUT2D eigenvalue weighted by atomic mass is 9.98. The van der Waals surface area contributed by atoms with Gasteiger partial charge in [-0.1, -0.05) is 60.7 Å². The van der Waals surface area contributed by atoms with Crippen molar-refractivity contribution in [1.29, 1.82) is 0 Å². The molecule has 0 aliphatic carbocycles. The van der Waals surface area contributed by atoms with Gasteiger partial charge in [0.1, 0.15) is 24.2 Å². The van der Waals surface area contributed by atoms with E-state index in [2.05, 4.69) is 16.0 Å². The molecular formula is C36H42N5O8PS2. The molecule has 4 atom stereocenters. The van der Waals surface area contributed by atoms with E-state index in [1.165, 1.54) is 23.2 Å². The topological polar surface area (TPSA) is 208 Å². The van der Waals surface area contributed by atoms with Crippen LogP contribution in [0.5, 0.6) is 0 Å². The highest BCUT2D eigenvalue weighted by Gasteiger charge is 2.38. The van der Waals surface area contributed by atoms with Crippen LogP contribution in [0.2, 0.25) is 0 Å². The van der Waals surface area contributed by atoms with E-state index >= 15 is 0 Å². The fourth-order valence-electron chi connectivity index (χ4n) is 6.36. The average molecular weight is 768 g/mol. The lowest BCUT2D eigenvalue weighted by Crippen LogP contribution is -2.61. The second kappa shape index (κ2) is 17.5. The molecule has 1 fully saturated rings. The summed E-state index contributed by atoms with van der Waals surface area (Å²) in [5.74, 6) is -3.27. The molecule has 0 bridgehead atoms. The molecule has 16 heteroatoms. The Balaban J connectivity index is 1.34. The summed E-state index contributed by atoms with van der Waals surface area (Å²) in [6, 6.07) is 16.7. The molecule has 1 aromatic heterocycles. The van der Waals surface area contributed by atoms with Gasteiger partial charge in [0.2, 0.25) is 29.5 Å². The van der Waals surface area contributed by atoms with E-state index in [1.807, 2.05) is 72.1 Å². The molecule has 5 amide bonds. The Kier molecular flexibility index (Phi) is 13.1. The second-order valence-corrected chi connectivity index (χ2v) is 16.8. The predicted molar refractivity (Wildman–Crippen MR) is 203 cm³/mol. The number of carbonyl (C=O) groups excluding carboxylic acids is 5. The first-order valence-electron chi connectivity index (χ1n) is 16.8. The van der Waals surface area contributed by atoms with Gasteiger partial charge >= 0.3 is 7.60 Å². The monoisotopic (exact) mass is 767 g/mol. The predicted octanol–water partition coefficient (Wildman–Crippen LogP) is 3.05. The van der Waals surface area contributed by atoms with Crippen molar-refractivity contribution in [3.8, 4) is 0 Å². The van der Waals surface area contributed by atoms with Gasteiger partial charge in [0.25, 0.3) is 0 Å². The van der Waals surface area contributed by atoms with Crippen LogP contribution in [0.1, 0.15) is 37.3 Å². The number of nitrogens with zero attached hydrogens (tertiary/aromatic N) is 1. The van der Waals surface area contributed by atoms with Crippen LogP contribution in [-0.2, 0) is 41.4 Å². The van der Waals surface area contributed by atoms with Crippen LogP contribution in [-0.4, -0.2) is 86.2 Å². The second-order valence-electron chi connectivity index (χ2n) is 12.8. The fourth-order valence-corrected chi connectivity index (χ4v) is 9.17. The maximum Gasteiger partial charge on any atom is 0.335 e. The van der Waals surface area contributed by atoms with E-state index in [0.29, 0.717) is 12.8 Å². The highest BCUT2D eigenvalue weighted by Crippen LogP contribution is 2.39. The van der Waals surface area contributed by atoms with Crippen LogP contribution in [0.25, 0.3) is 20.9 Å². The molecule has 0 spiro atoms. The zero-order valence-electron chi connectivity index (χ0n) is 28.5. The Morgan fingerprint density at radius 3 is 2.38 bits per heavy atom. The SMILES string of the molecule is CC(=O)N[C@@H](Cc1csc2ccccc12)C(=O)N[C@@H](CSCP(=O)(O)O)C(=O)N1CCCC[C@H]1C(=O)N[C@@H](Cc1ccc2ccccc2c1)C(N)=O. The van der Waals surface area contributed by atoms with Gasteiger partial charge in [-0.05, 0) is 58.0 Å². The Hall–Kier alpha value is -4.27. The molecule has 1 saturated heterocycles. The maximum absolute atomic E-state index is 14.2. The smallest absolute Gasteiger partial charge is 0.335 e. The summed E-state index contributed by atoms with van der Waals surface area (Å²) in [6.07, 6.45) is 1.74. The molecule has 7 N–H and O–H groups in total. The van der Waals surface area contributed by atoms with E-state index in [1.54, 1.807) is 0 Å². The number of amides is 5. The summed E-state index contributed by atoms with van der Waals surface area (Å²) in [4.78, 5) is 86.9. The number of piperidine rings is 1. The van der Waals surface area contributed by atoms with E-state index in [0.717, 1.165) is 43.7 Å². The van der Waals surface area contributed by atoms with Gasteiger partial charge in [-0.3, -0.25) is 28.5 Å². The number of primary amides is 1. The Bertz CT molecular complexity index is 2000. The van der Waals surface area contributed by atoms with Crippen molar-refractivity contribution in [2.75, 3.05) is 17.8 Å². The minimum atomic E-state index is -4.45. The van der Waals surface area contributed by atoms with Crippen LogP contribution in [0.15, 0.2) is 72.1 Å². The Morgan fingerprint density at radius 1 is 0.923 bits per heavy atom. The summed E-state index contributed by atoms with van der Waals surface area (Å²) in [7, 11) is -4.45. The Morgan fingerprint density at radius 2 is 1.65 bits per heavy atom. The summed E-state index contributed by atoms with van der Waals surface area (Å²) < 4.78 is 12.7. The highest BCUT2D eigenvalue weighted by molar-refractivity contribution is 8.04. The van der Waals surface area contributed by atoms with Crippen molar-refractivity contribution in [2.45, 2.75) is 63.2 Å². The molecule has 1 aliphatic heterocycles. The number of thioether (sulfide) groups is 1. The third-order valence-electron chi connectivity index (χ3n) is 8.84. The van der Waals surface area contributed by atoms with E-state index in [-0.39, 0.29) is 31.6 Å². The van der Waals surface area contributed by atoms with Crippen molar-refractivity contribution < 1.29 is 38.3 Å². The number of hydrogen-bond acceptors (Lipinski definition) is 8. The fraction of sp³-hybridized carbons (Fsp3) is 0.361. The van der Waals surface area contributed by atoms with Crippen molar-refractivity contribution in [2.24, 2.45) is 5.73 Å². The normalized spacial score (nSPS) is 16.5. The maximum atomic E-state index is 14.2. The van der Waals surface area contributed by atoms with Crippen molar-refractivity contribution in [1.82, 2.24) is 20.9 Å². The van der Waals surface area contributed by atoms with Crippen LogP contribution in [0.4, 0.5) is 0 Å². The number of thiophene rings is 1. The van der Waals surface area contributed by atoms with E-state index in [9.17, 15) is 38.3 Å². The number of nitrogens with one attached hydrogen (secondary N) is 3. The lowest BCUT2D eigenvalue weighted by molar-refractivity contribution is -0.145. The van der Waals surface area contributed by atoms with Crippen LogP contribution in [0, 0.1) is 0 Å². The lowest BCUT2D eigenvalue weighted by Gasteiger charge is -2.37. The van der Waals surface area contributed by atoms with Gasteiger partial charge < -0.3 is 36.4 Å². The number of likely N-dealkylation sites (tertiary alicyclic amines) is 1. The summed E-state index contributed by atoms with van der Waals surface area (Å²) in [5.41, 5.74) is 6.74. The third-order valence-corrected chi connectivity index (χ3v) is 12.5. The highest BCUT2D eigenvalue weighted by atomic mass is 32.2. The van der Waals surface area contributed by atoms with Gasteiger partial charge in [-0.2, -0.15) is 0 Å². The number of hydrogen-bond donors (Lipinski definition) is 6.